The fraction of sp³-hybridized carbons (Fsp3) is 0.455. The summed E-state index contributed by atoms with van der Waals surface area (Å²) in [6, 6.07) is 11.4. The van der Waals surface area contributed by atoms with E-state index in [1.54, 1.807) is 0 Å². The van der Waals surface area contributed by atoms with E-state index in [0.717, 1.165) is 37.3 Å². The van der Waals surface area contributed by atoms with E-state index < -0.39 is 0 Å². The van der Waals surface area contributed by atoms with Crippen LogP contribution in [0.2, 0.25) is 10.0 Å². The van der Waals surface area contributed by atoms with Gasteiger partial charge in [0.05, 0.1) is 6.61 Å². The first-order valence-corrected chi connectivity index (χ1v) is 10.6. The number of nitrogens with one attached hydrogen (secondary N) is 1. The zero-order valence-electron chi connectivity index (χ0n) is 16.9. The second-order valence-electron chi connectivity index (χ2n) is 6.45. The molecule has 4 nitrogen and oxygen atoms in total. The summed E-state index contributed by atoms with van der Waals surface area (Å²) in [7, 11) is 0. The first-order chi connectivity index (χ1) is 13.6. The number of nitrogens with zero attached hydrogens (tertiary/aromatic N) is 1. The standard InChI is InChI=1S/C22H30Cl2N2O2/c1-4-26(5-2)11-10-25-15-18-13-21(27-6-3)22(14-20(18)24)28-16-17-8-7-9-19(23)12-17/h7-9,12-14,25H,4-6,10-11,15-16H2,1-3H3. The summed E-state index contributed by atoms with van der Waals surface area (Å²) in [5, 5.41) is 4.81. The molecule has 0 aliphatic rings. The first kappa shape index (κ1) is 22.8. The highest BCUT2D eigenvalue weighted by atomic mass is 35.5. The maximum atomic E-state index is 6.50. The van der Waals surface area contributed by atoms with Gasteiger partial charge in [-0.1, -0.05) is 49.2 Å². The van der Waals surface area contributed by atoms with Crippen molar-refractivity contribution in [1.29, 1.82) is 0 Å². The maximum Gasteiger partial charge on any atom is 0.163 e. The highest BCUT2D eigenvalue weighted by molar-refractivity contribution is 6.31. The van der Waals surface area contributed by atoms with Crippen molar-refractivity contribution in [2.24, 2.45) is 0 Å². The van der Waals surface area contributed by atoms with Gasteiger partial charge in [-0.3, -0.25) is 0 Å². The van der Waals surface area contributed by atoms with Gasteiger partial charge in [0, 0.05) is 35.7 Å². The summed E-state index contributed by atoms with van der Waals surface area (Å²) in [5.74, 6) is 1.34. The van der Waals surface area contributed by atoms with Crippen LogP contribution in [0.3, 0.4) is 0 Å². The van der Waals surface area contributed by atoms with Crippen molar-refractivity contribution in [1.82, 2.24) is 10.2 Å². The van der Waals surface area contributed by atoms with Crippen molar-refractivity contribution in [3.8, 4) is 11.5 Å². The molecule has 0 saturated heterocycles. The van der Waals surface area contributed by atoms with Gasteiger partial charge in [-0.2, -0.15) is 0 Å². The zero-order valence-corrected chi connectivity index (χ0v) is 18.4. The van der Waals surface area contributed by atoms with Crippen LogP contribution in [-0.2, 0) is 13.2 Å². The van der Waals surface area contributed by atoms with Crippen molar-refractivity contribution in [2.75, 3.05) is 32.8 Å². The lowest BCUT2D eigenvalue weighted by Gasteiger charge is -2.19. The number of likely N-dealkylation sites (N-methyl/N-ethyl adjacent to an activating group) is 1. The monoisotopic (exact) mass is 424 g/mol. The van der Waals surface area contributed by atoms with E-state index in [1.807, 2.05) is 43.3 Å². The van der Waals surface area contributed by atoms with Crippen LogP contribution in [0.25, 0.3) is 0 Å². The van der Waals surface area contributed by atoms with Gasteiger partial charge in [0.2, 0.25) is 0 Å². The van der Waals surface area contributed by atoms with Crippen LogP contribution in [0, 0.1) is 0 Å². The van der Waals surface area contributed by atoms with Crippen LogP contribution >= 0.6 is 23.2 Å². The second kappa shape index (κ2) is 12.2. The molecule has 0 amide bonds. The van der Waals surface area contributed by atoms with Crippen LogP contribution in [0.15, 0.2) is 36.4 Å². The number of halogens is 2. The quantitative estimate of drug-likeness (QED) is 0.462. The van der Waals surface area contributed by atoms with E-state index in [-0.39, 0.29) is 0 Å². The highest BCUT2D eigenvalue weighted by Gasteiger charge is 2.12. The number of hydrogen-bond donors (Lipinski definition) is 1. The molecule has 2 rings (SSSR count). The van der Waals surface area contributed by atoms with E-state index in [0.29, 0.717) is 41.3 Å². The van der Waals surface area contributed by atoms with Gasteiger partial charge in [0.1, 0.15) is 6.61 Å². The predicted octanol–water partition coefficient (Wildman–Crippen LogP) is 5.40. The number of ether oxygens (including phenoxy) is 2. The van der Waals surface area contributed by atoms with E-state index in [4.69, 9.17) is 32.7 Å². The third-order valence-corrected chi connectivity index (χ3v) is 5.10. The molecule has 0 unspecified atom stereocenters. The summed E-state index contributed by atoms with van der Waals surface area (Å²) in [6.45, 7) is 12.0. The van der Waals surface area contributed by atoms with Gasteiger partial charge in [0.15, 0.2) is 11.5 Å². The third kappa shape index (κ3) is 7.17. The SMILES string of the molecule is CCOc1cc(CNCCN(CC)CC)c(Cl)cc1OCc1cccc(Cl)c1. The van der Waals surface area contributed by atoms with Gasteiger partial charge in [-0.05, 0) is 49.3 Å². The summed E-state index contributed by atoms with van der Waals surface area (Å²) >= 11 is 12.5. The Labute approximate surface area is 178 Å². The Morgan fingerprint density at radius 1 is 0.964 bits per heavy atom. The molecule has 1 N–H and O–H groups in total. The molecule has 0 saturated carbocycles. The minimum Gasteiger partial charge on any atom is -0.490 e. The average Bonchev–Trinajstić information content (AvgIpc) is 2.69. The molecule has 0 aliphatic carbocycles. The molecule has 28 heavy (non-hydrogen) atoms. The van der Waals surface area contributed by atoms with Crippen molar-refractivity contribution < 1.29 is 9.47 Å². The molecule has 2 aromatic carbocycles. The molecule has 154 valence electrons. The lowest BCUT2D eigenvalue weighted by molar-refractivity contribution is 0.269. The van der Waals surface area contributed by atoms with E-state index in [1.165, 1.54) is 0 Å². The van der Waals surface area contributed by atoms with Gasteiger partial charge in [-0.15, -0.1) is 0 Å². The molecule has 0 aliphatic heterocycles. The van der Waals surface area contributed by atoms with Gasteiger partial charge in [0.25, 0.3) is 0 Å². The summed E-state index contributed by atoms with van der Waals surface area (Å²) in [4.78, 5) is 2.38. The summed E-state index contributed by atoms with van der Waals surface area (Å²) in [6.07, 6.45) is 0. The molecule has 0 heterocycles. The Balaban J connectivity index is 2.01. The fourth-order valence-electron chi connectivity index (χ4n) is 2.88. The average molecular weight is 425 g/mol. The van der Waals surface area contributed by atoms with E-state index in [9.17, 15) is 0 Å². The molecule has 0 bridgehead atoms. The molecule has 2 aromatic rings. The second-order valence-corrected chi connectivity index (χ2v) is 7.29. The molecule has 6 heteroatoms. The lowest BCUT2D eigenvalue weighted by atomic mass is 10.2. The summed E-state index contributed by atoms with van der Waals surface area (Å²) < 4.78 is 11.7. The molecule has 0 fully saturated rings. The Hall–Kier alpha value is -1.46. The minimum absolute atomic E-state index is 0.401. The first-order valence-electron chi connectivity index (χ1n) is 9.82. The van der Waals surface area contributed by atoms with Crippen LogP contribution in [0.4, 0.5) is 0 Å². The lowest BCUT2D eigenvalue weighted by Crippen LogP contribution is -2.31. The number of benzene rings is 2. The molecular weight excluding hydrogens is 395 g/mol. The van der Waals surface area contributed by atoms with Crippen molar-refractivity contribution >= 4 is 23.2 Å². The van der Waals surface area contributed by atoms with E-state index in [2.05, 4.69) is 24.1 Å². The Bertz CT molecular complexity index is 736. The van der Waals surface area contributed by atoms with Gasteiger partial charge >= 0.3 is 0 Å². The Morgan fingerprint density at radius 2 is 1.71 bits per heavy atom. The third-order valence-electron chi connectivity index (χ3n) is 4.51. The predicted molar refractivity (Wildman–Crippen MR) is 118 cm³/mol. The van der Waals surface area contributed by atoms with E-state index >= 15 is 0 Å². The smallest absolute Gasteiger partial charge is 0.163 e. The zero-order chi connectivity index (χ0) is 20.4. The fourth-order valence-corrected chi connectivity index (χ4v) is 3.32. The molecule has 0 spiro atoms. The van der Waals surface area contributed by atoms with Crippen molar-refractivity contribution in [3.05, 3.63) is 57.6 Å². The number of hydrogen-bond acceptors (Lipinski definition) is 4. The largest absolute Gasteiger partial charge is 0.490 e. The number of rotatable bonds is 12. The minimum atomic E-state index is 0.401. The van der Waals surface area contributed by atoms with Crippen LogP contribution in [0.1, 0.15) is 31.9 Å². The summed E-state index contributed by atoms with van der Waals surface area (Å²) in [5.41, 5.74) is 1.99. The topological polar surface area (TPSA) is 33.7 Å². The molecule has 0 aromatic heterocycles. The van der Waals surface area contributed by atoms with Crippen molar-refractivity contribution in [2.45, 2.75) is 33.9 Å². The van der Waals surface area contributed by atoms with Gasteiger partial charge < -0.3 is 19.7 Å². The van der Waals surface area contributed by atoms with Crippen LogP contribution in [-0.4, -0.2) is 37.7 Å². The Kier molecular flexibility index (Phi) is 9.93. The maximum absolute atomic E-state index is 6.50. The Morgan fingerprint density at radius 3 is 2.39 bits per heavy atom. The van der Waals surface area contributed by atoms with Crippen molar-refractivity contribution in [3.63, 3.8) is 0 Å². The molecule has 0 radical (unpaired) electrons. The highest BCUT2D eigenvalue weighted by Crippen LogP contribution is 2.34. The van der Waals surface area contributed by atoms with Crippen LogP contribution in [0.5, 0.6) is 11.5 Å². The molecular formula is C22H30Cl2N2O2. The van der Waals surface area contributed by atoms with Crippen LogP contribution < -0.4 is 14.8 Å². The van der Waals surface area contributed by atoms with Gasteiger partial charge in [-0.25, -0.2) is 0 Å². The molecule has 0 atom stereocenters. The normalized spacial score (nSPS) is 11.1.